The van der Waals surface area contributed by atoms with Crippen molar-refractivity contribution in [3.8, 4) is 0 Å². The zero-order valence-electron chi connectivity index (χ0n) is 6.59. The summed E-state index contributed by atoms with van der Waals surface area (Å²) in [5, 5.41) is 8.58. The first-order valence-corrected chi connectivity index (χ1v) is 3.84. The smallest absolute Gasteiger partial charge is 0.0434 e. The van der Waals surface area contributed by atoms with Crippen molar-refractivity contribution in [2.75, 3.05) is 6.61 Å². The van der Waals surface area contributed by atoms with Crippen LogP contribution in [0.3, 0.4) is 0 Å². The van der Waals surface area contributed by atoms with E-state index in [9.17, 15) is 0 Å². The topological polar surface area (TPSA) is 20.2 Å². The molecule has 0 unspecified atom stereocenters. The van der Waals surface area contributed by atoms with Crippen LogP contribution in [0.2, 0.25) is 0 Å². The molecule has 0 amide bonds. The molecule has 1 aromatic rings. The fourth-order valence-electron chi connectivity index (χ4n) is 1.07. The minimum atomic E-state index is 0.265. The Balaban J connectivity index is 2.56. The highest BCUT2D eigenvalue weighted by Crippen LogP contribution is 2.05. The Hall–Kier alpha value is -0.820. The molecular weight excluding hydrogens is 136 g/mol. The third-order valence-corrected chi connectivity index (χ3v) is 1.61. The first-order chi connectivity index (χ1) is 5.33. The zero-order valence-corrected chi connectivity index (χ0v) is 6.59. The maximum atomic E-state index is 8.58. The summed E-state index contributed by atoms with van der Waals surface area (Å²) in [6.45, 7) is 4.09. The highest BCUT2D eigenvalue weighted by atomic mass is 16.2. The van der Waals surface area contributed by atoms with Crippen molar-refractivity contribution in [2.45, 2.75) is 12.8 Å². The van der Waals surface area contributed by atoms with Crippen molar-refractivity contribution >= 4 is 0 Å². The van der Waals surface area contributed by atoms with E-state index >= 15 is 0 Å². The lowest BCUT2D eigenvalue weighted by Gasteiger charge is -1.99. The highest BCUT2D eigenvalue weighted by Gasteiger charge is 1.91. The summed E-state index contributed by atoms with van der Waals surface area (Å²) in [6.07, 6.45) is 1.78. The lowest BCUT2D eigenvalue weighted by molar-refractivity contribution is 0.288. The normalized spacial score (nSPS) is 10.0. The van der Waals surface area contributed by atoms with E-state index in [2.05, 4.69) is 19.1 Å². The maximum absolute atomic E-state index is 8.58. The average molecular weight is 149 g/mol. The van der Waals surface area contributed by atoms with Gasteiger partial charge in [-0.3, -0.25) is 0 Å². The molecule has 11 heavy (non-hydrogen) atoms. The molecule has 0 heterocycles. The van der Waals surface area contributed by atoms with Gasteiger partial charge in [0.15, 0.2) is 0 Å². The van der Waals surface area contributed by atoms with Gasteiger partial charge in [0.05, 0.1) is 0 Å². The van der Waals surface area contributed by atoms with Crippen LogP contribution in [0.1, 0.15) is 17.5 Å². The minimum Gasteiger partial charge on any atom is -0.396 e. The molecule has 1 heteroatoms. The monoisotopic (exact) mass is 149 g/mol. The van der Waals surface area contributed by atoms with Crippen LogP contribution in [0.4, 0.5) is 0 Å². The lowest BCUT2D eigenvalue weighted by atomic mass is 10.1. The molecule has 1 radical (unpaired) electrons. The van der Waals surface area contributed by atoms with Crippen LogP contribution in [-0.4, -0.2) is 11.7 Å². The van der Waals surface area contributed by atoms with Crippen LogP contribution in [0, 0.1) is 6.92 Å². The fraction of sp³-hybridized carbons (Fsp3) is 0.300. The molecule has 1 aromatic carbocycles. The van der Waals surface area contributed by atoms with Gasteiger partial charge in [-0.2, -0.15) is 0 Å². The number of rotatable bonds is 3. The Morgan fingerprint density at radius 1 is 1.36 bits per heavy atom. The van der Waals surface area contributed by atoms with Crippen molar-refractivity contribution in [1.29, 1.82) is 0 Å². The summed E-state index contributed by atoms with van der Waals surface area (Å²) in [5.41, 5.74) is 2.30. The minimum absolute atomic E-state index is 0.265. The molecular formula is C10H13O. The summed E-state index contributed by atoms with van der Waals surface area (Å²) < 4.78 is 0. The molecule has 0 aliphatic heterocycles. The van der Waals surface area contributed by atoms with Crippen molar-refractivity contribution in [2.24, 2.45) is 0 Å². The van der Waals surface area contributed by atoms with Gasteiger partial charge in [-0.05, 0) is 30.9 Å². The summed E-state index contributed by atoms with van der Waals surface area (Å²) in [7, 11) is 0. The van der Waals surface area contributed by atoms with Gasteiger partial charge >= 0.3 is 0 Å². The van der Waals surface area contributed by atoms with E-state index in [0.717, 1.165) is 18.4 Å². The molecule has 0 fully saturated rings. The summed E-state index contributed by atoms with van der Waals surface area (Å²) in [6, 6.07) is 8.08. The Kier molecular flexibility index (Phi) is 3.12. The summed E-state index contributed by atoms with van der Waals surface area (Å²) in [4.78, 5) is 0. The van der Waals surface area contributed by atoms with Crippen LogP contribution < -0.4 is 0 Å². The standard InChI is InChI=1S/C10H13O/c1-9-4-2-5-10(8-9)6-3-7-11/h2,4-5,8,11H,1,3,6-7H2. The molecule has 0 spiro atoms. The number of hydrogen-bond acceptors (Lipinski definition) is 1. The van der Waals surface area contributed by atoms with Crippen molar-refractivity contribution in [1.82, 2.24) is 0 Å². The second-order valence-corrected chi connectivity index (χ2v) is 2.65. The van der Waals surface area contributed by atoms with E-state index in [1.54, 1.807) is 0 Å². The highest BCUT2D eigenvalue weighted by molar-refractivity contribution is 5.25. The third kappa shape index (κ3) is 2.72. The number of hydrogen-bond donors (Lipinski definition) is 1. The predicted octanol–water partition coefficient (Wildman–Crippen LogP) is 1.79. The van der Waals surface area contributed by atoms with E-state index in [1.807, 2.05) is 12.1 Å². The largest absolute Gasteiger partial charge is 0.396 e. The van der Waals surface area contributed by atoms with Crippen molar-refractivity contribution < 1.29 is 5.11 Å². The van der Waals surface area contributed by atoms with E-state index in [0.29, 0.717) is 0 Å². The molecule has 59 valence electrons. The number of aliphatic hydroxyl groups is 1. The van der Waals surface area contributed by atoms with Gasteiger partial charge in [0.25, 0.3) is 0 Å². The lowest BCUT2D eigenvalue weighted by Crippen LogP contribution is -1.89. The first-order valence-electron chi connectivity index (χ1n) is 3.84. The van der Waals surface area contributed by atoms with E-state index < -0.39 is 0 Å². The van der Waals surface area contributed by atoms with Crippen molar-refractivity contribution in [3.63, 3.8) is 0 Å². The number of aliphatic hydroxyl groups excluding tert-OH is 1. The van der Waals surface area contributed by atoms with Crippen LogP contribution in [0.5, 0.6) is 0 Å². The van der Waals surface area contributed by atoms with Crippen LogP contribution in [0.15, 0.2) is 24.3 Å². The quantitative estimate of drug-likeness (QED) is 0.694. The third-order valence-electron chi connectivity index (χ3n) is 1.61. The van der Waals surface area contributed by atoms with Gasteiger partial charge in [-0.25, -0.2) is 0 Å². The number of benzene rings is 1. The van der Waals surface area contributed by atoms with Crippen molar-refractivity contribution in [3.05, 3.63) is 42.3 Å². The van der Waals surface area contributed by atoms with E-state index in [-0.39, 0.29) is 6.61 Å². The van der Waals surface area contributed by atoms with E-state index in [1.165, 1.54) is 5.56 Å². The molecule has 0 aliphatic rings. The SMILES string of the molecule is [CH2]c1cccc(CCCO)c1. The number of aryl methyl sites for hydroxylation is 1. The summed E-state index contributed by atoms with van der Waals surface area (Å²) >= 11 is 0. The van der Waals surface area contributed by atoms with Gasteiger partial charge in [0.2, 0.25) is 0 Å². The molecule has 0 aromatic heterocycles. The molecule has 0 saturated heterocycles. The summed E-state index contributed by atoms with van der Waals surface area (Å²) in [5.74, 6) is 0. The van der Waals surface area contributed by atoms with Crippen LogP contribution >= 0.6 is 0 Å². The Morgan fingerprint density at radius 2 is 2.18 bits per heavy atom. The molecule has 1 N–H and O–H groups in total. The Labute approximate surface area is 67.7 Å². The Bertz CT molecular complexity index is 218. The second kappa shape index (κ2) is 4.14. The van der Waals surface area contributed by atoms with Gasteiger partial charge in [-0.1, -0.05) is 24.3 Å². The van der Waals surface area contributed by atoms with Gasteiger partial charge < -0.3 is 5.11 Å². The van der Waals surface area contributed by atoms with Gasteiger partial charge in [-0.15, -0.1) is 0 Å². The Morgan fingerprint density at radius 3 is 2.82 bits per heavy atom. The fourth-order valence-corrected chi connectivity index (χ4v) is 1.07. The van der Waals surface area contributed by atoms with E-state index in [4.69, 9.17) is 5.11 Å². The molecule has 0 atom stereocenters. The maximum Gasteiger partial charge on any atom is 0.0434 e. The zero-order chi connectivity index (χ0) is 8.10. The molecule has 1 rings (SSSR count). The molecule has 0 bridgehead atoms. The first kappa shape index (κ1) is 8.28. The van der Waals surface area contributed by atoms with Gasteiger partial charge in [0.1, 0.15) is 0 Å². The van der Waals surface area contributed by atoms with Gasteiger partial charge in [0, 0.05) is 6.61 Å². The predicted molar refractivity (Wildman–Crippen MR) is 46.3 cm³/mol. The molecule has 1 nitrogen and oxygen atoms in total. The van der Waals surface area contributed by atoms with Crippen LogP contribution in [-0.2, 0) is 6.42 Å². The second-order valence-electron chi connectivity index (χ2n) is 2.65. The average Bonchev–Trinajstić information content (AvgIpc) is 2.01. The molecule has 0 saturated carbocycles. The van der Waals surface area contributed by atoms with Crippen LogP contribution in [0.25, 0.3) is 0 Å². The molecule has 0 aliphatic carbocycles.